The predicted octanol–water partition coefficient (Wildman–Crippen LogP) is 2.91. The van der Waals surface area contributed by atoms with Gasteiger partial charge in [0, 0.05) is 12.0 Å². The molecule has 1 aliphatic carbocycles. The standard InChI is InChI=1S/C17H16O3/c1-20-13-8-6-12(7-9-13)17(19)11-10-16(18)14-4-2-3-5-15(14)17/h2-9,19H,10-11H2,1H3/t17-/m0/s1. The number of aliphatic hydroxyl groups is 1. The van der Waals surface area contributed by atoms with Gasteiger partial charge in [0.15, 0.2) is 5.78 Å². The minimum Gasteiger partial charge on any atom is -0.497 e. The fourth-order valence-electron chi connectivity index (χ4n) is 2.82. The van der Waals surface area contributed by atoms with Crippen LogP contribution in [0.1, 0.15) is 34.3 Å². The van der Waals surface area contributed by atoms with Gasteiger partial charge in [0.25, 0.3) is 0 Å². The van der Waals surface area contributed by atoms with Crippen LogP contribution in [0, 0.1) is 0 Å². The normalized spacial score (nSPS) is 21.4. The van der Waals surface area contributed by atoms with Gasteiger partial charge in [-0.15, -0.1) is 0 Å². The zero-order valence-corrected chi connectivity index (χ0v) is 11.3. The van der Waals surface area contributed by atoms with E-state index in [9.17, 15) is 9.90 Å². The van der Waals surface area contributed by atoms with Crippen molar-refractivity contribution >= 4 is 5.78 Å². The molecule has 0 bridgehead atoms. The lowest BCUT2D eigenvalue weighted by atomic mass is 9.74. The van der Waals surface area contributed by atoms with Gasteiger partial charge in [0.1, 0.15) is 11.4 Å². The monoisotopic (exact) mass is 268 g/mol. The van der Waals surface area contributed by atoms with Crippen molar-refractivity contribution in [1.29, 1.82) is 0 Å². The van der Waals surface area contributed by atoms with Crippen LogP contribution < -0.4 is 4.74 Å². The molecular formula is C17H16O3. The van der Waals surface area contributed by atoms with E-state index in [0.717, 1.165) is 11.3 Å². The number of ketones is 1. The number of carbonyl (C=O) groups is 1. The minimum absolute atomic E-state index is 0.0961. The molecule has 0 saturated heterocycles. The summed E-state index contributed by atoms with van der Waals surface area (Å²) in [6.07, 6.45) is 0.773. The first kappa shape index (κ1) is 12.9. The van der Waals surface area contributed by atoms with Gasteiger partial charge in [0.2, 0.25) is 0 Å². The zero-order valence-electron chi connectivity index (χ0n) is 11.3. The Morgan fingerprint density at radius 2 is 1.80 bits per heavy atom. The summed E-state index contributed by atoms with van der Waals surface area (Å²) in [6.45, 7) is 0. The van der Waals surface area contributed by atoms with Crippen LogP contribution in [-0.4, -0.2) is 18.0 Å². The highest BCUT2D eigenvalue weighted by molar-refractivity contribution is 5.99. The van der Waals surface area contributed by atoms with Crippen LogP contribution in [0.3, 0.4) is 0 Å². The van der Waals surface area contributed by atoms with Gasteiger partial charge in [-0.3, -0.25) is 4.79 Å². The number of ether oxygens (including phenoxy) is 1. The van der Waals surface area contributed by atoms with Crippen molar-refractivity contribution in [3.05, 3.63) is 65.2 Å². The molecule has 0 heterocycles. The zero-order chi connectivity index (χ0) is 14.2. The van der Waals surface area contributed by atoms with E-state index < -0.39 is 5.60 Å². The summed E-state index contributed by atoms with van der Waals surface area (Å²) in [5.41, 5.74) is 1.01. The summed E-state index contributed by atoms with van der Waals surface area (Å²) in [7, 11) is 1.61. The Labute approximate surface area is 117 Å². The molecule has 0 fully saturated rings. The summed E-state index contributed by atoms with van der Waals surface area (Å²) in [6, 6.07) is 14.7. The third-order valence-corrected chi connectivity index (χ3v) is 3.95. The van der Waals surface area contributed by atoms with Crippen LogP contribution in [0.15, 0.2) is 48.5 Å². The Kier molecular flexibility index (Phi) is 3.07. The molecule has 0 aromatic heterocycles. The maximum absolute atomic E-state index is 12.0. The Balaban J connectivity index is 2.12. The van der Waals surface area contributed by atoms with Crippen LogP contribution in [0.25, 0.3) is 0 Å². The van der Waals surface area contributed by atoms with Crippen molar-refractivity contribution in [2.45, 2.75) is 18.4 Å². The average molecular weight is 268 g/mol. The summed E-state index contributed by atoms with van der Waals surface area (Å²) >= 11 is 0. The largest absolute Gasteiger partial charge is 0.497 e. The van der Waals surface area contributed by atoms with Gasteiger partial charge in [-0.2, -0.15) is 0 Å². The molecule has 20 heavy (non-hydrogen) atoms. The lowest BCUT2D eigenvalue weighted by molar-refractivity contribution is 0.0548. The minimum atomic E-state index is -1.10. The van der Waals surface area contributed by atoms with E-state index in [2.05, 4.69) is 0 Å². The van der Waals surface area contributed by atoms with Crippen molar-refractivity contribution in [2.24, 2.45) is 0 Å². The van der Waals surface area contributed by atoms with Crippen LogP contribution in [0.2, 0.25) is 0 Å². The summed E-state index contributed by atoms with van der Waals surface area (Å²) < 4.78 is 5.14. The molecule has 3 heteroatoms. The van der Waals surface area contributed by atoms with Crippen molar-refractivity contribution in [1.82, 2.24) is 0 Å². The quantitative estimate of drug-likeness (QED) is 0.911. The maximum atomic E-state index is 12.0. The molecule has 0 amide bonds. The van der Waals surface area contributed by atoms with E-state index in [0.29, 0.717) is 24.0 Å². The molecule has 1 N–H and O–H groups in total. The first-order valence-electron chi connectivity index (χ1n) is 6.65. The molecule has 0 saturated carbocycles. The number of carbonyl (C=O) groups excluding carboxylic acids is 1. The van der Waals surface area contributed by atoms with Crippen LogP contribution in [-0.2, 0) is 5.60 Å². The maximum Gasteiger partial charge on any atom is 0.163 e. The highest BCUT2D eigenvalue weighted by Gasteiger charge is 2.38. The molecule has 1 atom stereocenters. The second-order valence-electron chi connectivity index (χ2n) is 5.06. The molecule has 1 aliphatic rings. The highest BCUT2D eigenvalue weighted by atomic mass is 16.5. The first-order valence-corrected chi connectivity index (χ1v) is 6.65. The van der Waals surface area contributed by atoms with E-state index in [-0.39, 0.29) is 5.78 Å². The fraction of sp³-hybridized carbons (Fsp3) is 0.235. The second kappa shape index (κ2) is 4.76. The average Bonchev–Trinajstić information content (AvgIpc) is 2.51. The summed E-state index contributed by atoms with van der Waals surface area (Å²) in [5.74, 6) is 0.844. The summed E-state index contributed by atoms with van der Waals surface area (Å²) in [5, 5.41) is 11.1. The number of rotatable bonds is 2. The molecule has 3 rings (SSSR count). The second-order valence-corrected chi connectivity index (χ2v) is 5.06. The van der Waals surface area contributed by atoms with Crippen molar-refractivity contribution in [2.75, 3.05) is 7.11 Å². The van der Waals surface area contributed by atoms with E-state index in [4.69, 9.17) is 4.74 Å². The Hall–Kier alpha value is -2.13. The molecular weight excluding hydrogens is 252 g/mol. The fourth-order valence-corrected chi connectivity index (χ4v) is 2.82. The SMILES string of the molecule is COc1ccc([C@@]2(O)CCC(=O)c3ccccc32)cc1. The highest BCUT2D eigenvalue weighted by Crippen LogP contribution is 2.40. The number of fused-ring (bicyclic) bond motifs is 1. The van der Waals surface area contributed by atoms with Gasteiger partial charge < -0.3 is 9.84 Å². The van der Waals surface area contributed by atoms with E-state index in [1.54, 1.807) is 13.2 Å². The van der Waals surface area contributed by atoms with Gasteiger partial charge in [-0.25, -0.2) is 0 Å². The molecule has 0 spiro atoms. The molecule has 0 unspecified atom stereocenters. The number of benzene rings is 2. The third-order valence-electron chi connectivity index (χ3n) is 3.95. The van der Waals surface area contributed by atoms with Crippen molar-refractivity contribution < 1.29 is 14.6 Å². The summed E-state index contributed by atoms with van der Waals surface area (Å²) in [4.78, 5) is 12.0. The molecule has 0 aliphatic heterocycles. The Morgan fingerprint density at radius 3 is 2.50 bits per heavy atom. The van der Waals surface area contributed by atoms with Gasteiger partial charge in [-0.05, 0) is 29.7 Å². The lowest BCUT2D eigenvalue weighted by Crippen LogP contribution is -2.34. The van der Waals surface area contributed by atoms with Gasteiger partial charge in [0.05, 0.1) is 7.11 Å². The van der Waals surface area contributed by atoms with Gasteiger partial charge in [-0.1, -0.05) is 36.4 Å². The topological polar surface area (TPSA) is 46.5 Å². The molecule has 102 valence electrons. The molecule has 2 aromatic carbocycles. The van der Waals surface area contributed by atoms with E-state index in [1.165, 1.54) is 0 Å². The van der Waals surface area contributed by atoms with Crippen molar-refractivity contribution in [3.8, 4) is 5.75 Å². The Morgan fingerprint density at radius 1 is 1.10 bits per heavy atom. The molecule has 2 aromatic rings. The Bertz CT molecular complexity index is 646. The molecule has 0 radical (unpaired) electrons. The number of hydrogen-bond donors (Lipinski definition) is 1. The van der Waals surface area contributed by atoms with E-state index >= 15 is 0 Å². The smallest absolute Gasteiger partial charge is 0.163 e. The first-order chi connectivity index (χ1) is 9.65. The van der Waals surface area contributed by atoms with Crippen LogP contribution in [0.5, 0.6) is 5.75 Å². The predicted molar refractivity (Wildman–Crippen MR) is 76.0 cm³/mol. The van der Waals surface area contributed by atoms with Crippen LogP contribution in [0.4, 0.5) is 0 Å². The third kappa shape index (κ3) is 1.91. The lowest BCUT2D eigenvalue weighted by Gasteiger charge is -2.34. The number of hydrogen-bond acceptors (Lipinski definition) is 3. The van der Waals surface area contributed by atoms with E-state index in [1.807, 2.05) is 42.5 Å². The number of methoxy groups -OCH3 is 1. The number of Topliss-reactive ketones (excluding diaryl/α,β-unsaturated/α-hetero) is 1. The molecule has 3 nitrogen and oxygen atoms in total. The van der Waals surface area contributed by atoms with Crippen molar-refractivity contribution in [3.63, 3.8) is 0 Å². The van der Waals surface area contributed by atoms with Gasteiger partial charge >= 0.3 is 0 Å². The van der Waals surface area contributed by atoms with Crippen LogP contribution >= 0.6 is 0 Å².